The molecule has 0 fully saturated rings. The highest BCUT2D eigenvalue weighted by Crippen LogP contribution is 2.29. The standard InChI is InChI=1S/C13H10N4O2S2/c1-20-13-15-8-3-2-7(6-10(8)21-13)14-12(19)9-4-5-11(18)17-16-9/h2-6H,1H3,(H,14,19)(H,17,18). The van der Waals surface area contributed by atoms with Crippen LogP contribution in [-0.4, -0.2) is 27.3 Å². The molecule has 0 aliphatic heterocycles. The molecule has 1 aromatic carbocycles. The van der Waals surface area contributed by atoms with Crippen molar-refractivity contribution in [3.05, 3.63) is 46.4 Å². The van der Waals surface area contributed by atoms with E-state index in [9.17, 15) is 9.59 Å². The van der Waals surface area contributed by atoms with Crippen molar-refractivity contribution in [2.24, 2.45) is 0 Å². The number of aromatic nitrogens is 3. The molecule has 106 valence electrons. The number of nitrogens with zero attached hydrogens (tertiary/aromatic N) is 2. The number of carbonyl (C=O) groups is 1. The van der Waals surface area contributed by atoms with Gasteiger partial charge in [0, 0.05) is 11.8 Å². The van der Waals surface area contributed by atoms with E-state index in [1.807, 2.05) is 18.4 Å². The quantitative estimate of drug-likeness (QED) is 0.724. The summed E-state index contributed by atoms with van der Waals surface area (Å²) in [6.45, 7) is 0. The molecule has 6 nitrogen and oxygen atoms in total. The Hall–Kier alpha value is -2.19. The van der Waals surface area contributed by atoms with E-state index in [0.717, 1.165) is 14.6 Å². The summed E-state index contributed by atoms with van der Waals surface area (Å²) in [7, 11) is 0. The molecular formula is C13H10N4O2S2. The highest BCUT2D eigenvalue weighted by Gasteiger charge is 2.09. The first-order chi connectivity index (χ1) is 10.2. The van der Waals surface area contributed by atoms with Crippen LogP contribution in [0.25, 0.3) is 10.2 Å². The van der Waals surface area contributed by atoms with Crippen LogP contribution in [0.1, 0.15) is 10.5 Å². The van der Waals surface area contributed by atoms with E-state index in [-0.39, 0.29) is 17.2 Å². The Kier molecular flexibility index (Phi) is 3.72. The number of anilines is 1. The normalized spacial score (nSPS) is 10.7. The molecule has 1 amide bonds. The topological polar surface area (TPSA) is 87.7 Å². The van der Waals surface area contributed by atoms with Crippen LogP contribution in [0.4, 0.5) is 5.69 Å². The number of H-pyrrole nitrogens is 1. The molecule has 0 aliphatic rings. The highest BCUT2D eigenvalue weighted by molar-refractivity contribution is 8.00. The lowest BCUT2D eigenvalue weighted by Crippen LogP contribution is -2.17. The van der Waals surface area contributed by atoms with Crippen molar-refractivity contribution >= 4 is 44.9 Å². The summed E-state index contributed by atoms with van der Waals surface area (Å²) < 4.78 is 1.99. The zero-order valence-electron chi connectivity index (χ0n) is 10.9. The molecule has 0 aliphatic carbocycles. The fourth-order valence-corrected chi connectivity index (χ4v) is 3.26. The van der Waals surface area contributed by atoms with Crippen LogP contribution >= 0.6 is 23.1 Å². The van der Waals surface area contributed by atoms with Gasteiger partial charge in [-0.2, -0.15) is 5.10 Å². The number of aromatic amines is 1. The molecule has 0 bridgehead atoms. The number of amides is 1. The number of thiazole rings is 1. The van der Waals surface area contributed by atoms with Gasteiger partial charge in [0.15, 0.2) is 4.34 Å². The van der Waals surface area contributed by atoms with Gasteiger partial charge in [-0.3, -0.25) is 9.59 Å². The summed E-state index contributed by atoms with van der Waals surface area (Å²) in [6.07, 6.45) is 1.97. The van der Waals surface area contributed by atoms with Crippen molar-refractivity contribution in [1.29, 1.82) is 0 Å². The molecule has 2 aromatic heterocycles. The van der Waals surface area contributed by atoms with Gasteiger partial charge >= 0.3 is 0 Å². The van der Waals surface area contributed by atoms with Gasteiger partial charge < -0.3 is 5.32 Å². The van der Waals surface area contributed by atoms with Gasteiger partial charge in [0.2, 0.25) is 0 Å². The number of rotatable bonds is 3. The smallest absolute Gasteiger partial charge is 0.276 e. The van der Waals surface area contributed by atoms with Crippen LogP contribution in [0.5, 0.6) is 0 Å². The minimum Gasteiger partial charge on any atom is -0.321 e. The van der Waals surface area contributed by atoms with Gasteiger partial charge in [0.05, 0.1) is 10.2 Å². The Morgan fingerprint density at radius 1 is 1.33 bits per heavy atom. The molecule has 0 radical (unpaired) electrons. The van der Waals surface area contributed by atoms with Crippen molar-refractivity contribution in [3.63, 3.8) is 0 Å². The molecule has 2 heterocycles. The van der Waals surface area contributed by atoms with E-state index in [0.29, 0.717) is 5.69 Å². The molecule has 0 atom stereocenters. The summed E-state index contributed by atoms with van der Waals surface area (Å²) in [5, 5.41) is 8.67. The summed E-state index contributed by atoms with van der Waals surface area (Å²) in [6, 6.07) is 8.16. The Labute approximate surface area is 127 Å². The first-order valence-corrected chi connectivity index (χ1v) is 8.01. The first kappa shape index (κ1) is 13.8. The number of carbonyl (C=O) groups excluding carboxylic acids is 1. The molecule has 3 aromatic rings. The third-order valence-corrected chi connectivity index (χ3v) is 4.72. The predicted molar refractivity (Wildman–Crippen MR) is 84.2 cm³/mol. The SMILES string of the molecule is CSc1nc2ccc(NC(=O)c3ccc(=O)[nH]n3)cc2s1. The predicted octanol–water partition coefficient (Wildman–Crippen LogP) is 2.35. The summed E-state index contributed by atoms with van der Waals surface area (Å²) in [4.78, 5) is 27.4. The van der Waals surface area contributed by atoms with Crippen LogP contribution < -0.4 is 10.9 Å². The maximum absolute atomic E-state index is 12.0. The van der Waals surface area contributed by atoms with Crippen molar-refractivity contribution in [2.45, 2.75) is 4.34 Å². The van der Waals surface area contributed by atoms with Gasteiger partial charge in [0.1, 0.15) is 5.69 Å². The fourth-order valence-electron chi connectivity index (χ4n) is 1.73. The second-order valence-corrected chi connectivity index (χ2v) is 6.21. The Bertz CT molecular complexity index is 851. The molecule has 0 spiro atoms. The molecule has 8 heteroatoms. The monoisotopic (exact) mass is 318 g/mol. The number of benzene rings is 1. The van der Waals surface area contributed by atoms with Crippen molar-refractivity contribution < 1.29 is 4.79 Å². The number of hydrogen-bond donors (Lipinski definition) is 2. The lowest BCUT2D eigenvalue weighted by Gasteiger charge is -2.03. The van der Waals surface area contributed by atoms with Gasteiger partial charge in [-0.25, -0.2) is 10.1 Å². The molecule has 0 unspecified atom stereocenters. The minimum atomic E-state index is -0.375. The highest BCUT2D eigenvalue weighted by atomic mass is 32.2. The Morgan fingerprint density at radius 2 is 2.19 bits per heavy atom. The number of thioether (sulfide) groups is 1. The van der Waals surface area contributed by atoms with Crippen LogP contribution in [0.3, 0.4) is 0 Å². The van der Waals surface area contributed by atoms with Crippen LogP contribution in [-0.2, 0) is 0 Å². The van der Waals surface area contributed by atoms with E-state index < -0.39 is 0 Å². The largest absolute Gasteiger partial charge is 0.321 e. The minimum absolute atomic E-state index is 0.156. The summed E-state index contributed by atoms with van der Waals surface area (Å²) in [5.41, 5.74) is 1.38. The lowest BCUT2D eigenvalue weighted by molar-refractivity contribution is 0.102. The van der Waals surface area contributed by atoms with E-state index in [1.54, 1.807) is 29.2 Å². The fraction of sp³-hybridized carbons (Fsp3) is 0.0769. The zero-order chi connectivity index (χ0) is 14.8. The molecule has 0 saturated heterocycles. The van der Waals surface area contributed by atoms with E-state index in [1.165, 1.54) is 12.1 Å². The van der Waals surface area contributed by atoms with Gasteiger partial charge in [0.25, 0.3) is 11.5 Å². The molecule has 2 N–H and O–H groups in total. The number of fused-ring (bicyclic) bond motifs is 1. The molecule has 3 rings (SSSR count). The van der Waals surface area contributed by atoms with Crippen LogP contribution in [0.15, 0.2) is 39.5 Å². The lowest BCUT2D eigenvalue weighted by atomic mass is 10.3. The summed E-state index contributed by atoms with van der Waals surface area (Å²) in [5.74, 6) is -0.375. The number of hydrogen-bond acceptors (Lipinski definition) is 6. The molecule has 21 heavy (non-hydrogen) atoms. The average molecular weight is 318 g/mol. The van der Waals surface area contributed by atoms with E-state index in [2.05, 4.69) is 20.5 Å². The molecular weight excluding hydrogens is 308 g/mol. The van der Waals surface area contributed by atoms with Crippen molar-refractivity contribution in [2.75, 3.05) is 11.6 Å². The average Bonchev–Trinajstić information content (AvgIpc) is 2.90. The molecule has 0 saturated carbocycles. The van der Waals surface area contributed by atoms with E-state index in [4.69, 9.17) is 0 Å². The van der Waals surface area contributed by atoms with Gasteiger partial charge in [-0.1, -0.05) is 11.8 Å². The van der Waals surface area contributed by atoms with Crippen molar-refractivity contribution in [3.8, 4) is 0 Å². The third kappa shape index (κ3) is 2.96. The Balaban J connectivity index is 1.85. The number of nitrogens with one attached hydrogen (secondary N) is 2. The van der Waals surface area contributed by atoms with Gasteiger partial charge in [-0.15, -0.1) is 11.3 Å². The van der Waals surface area contributed by atoms with Crippen LogP contribution in [0.2, 0.25) is 0 Å². The van der Waals surface area contributed by atoms with Gasteiger partial charge in [-0.05, 0) is 30.5 Å². The van der Waals surface area contributed by atoms with E-state index >= 15 is 0 Å². The third-order valence-electron chi connectivity index (χ3n) is 2.71. The Morgan fingerprint density at radius 3 is 2.90 bits per heavy atom. The van der Waals surface area contributed by atoms with Crippen molar-refractivity contribution in [1.82, 2.24) is 15.2 Å². The zero-order valence-corrected chi connectivity index (χ0v) is 12.5. The maximum Gasteiger partial charge on any atom is 0.276 e. The second kappa shape index (κ2) is 5.66. The summed E-state index contributed by atoms with van der Waals surface area (Å²) >= 11 is 3.16. The second-order valence-electron chi connectivity index (χ2n) is 4.13. The first-order valence-electron chi connectivity index (χ1n) is 5.97. The van der Waals surface area contributed by atoms with Crippen LogP contribution in [0, 0.1) is 0 Å². The maximum atomic E-state index is 12.0.